The number of hydrogen-bond acceptors (Lipinski definition) is 2. The summed E-state index contributed by atoms with van der Waals surface area (Å²) in [6.07, 6.45) is 1.90. The average molecular weight is 310 g/mol. The molecular weight excluding hydrogens is 291 g/mol. The van der Waals surface area contributed by atoms with E-state index in [9.17, 15) is 9.18 Å². The summed E-state index contributed by atoms with van der Waals surface area (Å²) in [6.45, 7) is 6.06. The highest BCUT2D eigenvalue weighted by Crippen LogP contribution is 2.40. The Bertz CT molecular complexity index is 784. The van der Waals surface area contributed by atoms with Crippen molar-refractivity contribution >= 4 is 5.78 Å². The van der Waals surface area contributed by atoms with Gasteiger partial charge in [-0.2, -0.15) is 0 Å². The molecule has 1 unspecified atom stereocenters. The molecule has 118 valence electrons. The van der Waals surface area contributed by atoms with Crippen molar-refractivity contribution in [2.24, 2.45) is 5.41 Å². The van der Waals surface area contributed by atoms with Crippen LogP contribution in [0.4, 0.5) is 4.39 Å². The monoisotopic (exact) mass is 310 g/mol. The highest BCUT2D eigenvalue weighted by atomic mass is 19.1. The lowest BCUT2D eigenvalue weighted by Gasteiger charge is -2.29. The van der Waals surface area contributed by atoms with Gasteiger partial charge in [-0.05, 0) is 29.7 Å². The number of Topliss-reactive ketones (excluding diaryl/α,β-unsaturated/α-hetero) is 1. The summed E-state index contributed by atoms with van der Waals surface area (Å²) >= 11 is 0. The molecule has 1 atom stereocenters. The molecule has 2 aromatic rings. The van der Waals surface area contributed by atoms with Crippen LogP contribution in [0.1, 0.15) is 42.6 Å². The van der Waals surface area contributed by atoms with Crippen LogP contribution in [-0.4, -0.2) is 5.78 Å². The molecule has 0 radical (unpaired) electrons. The van der Waals surface area contributed by atoms with Gasteiger partial charge in [-0.3, -0.25) is 4.79 Å². The first-order chi connectivity index (χ1) is 10.9. The lowest BCUT2D eigenvalue weighted by Crippen LogP contribution is -2.26. The normalized spacial score (nSPS) is 19.4. The van der Waals surface area contributed by atoms with Crippen molar-refractivity contribution in [2.45, 2.75) is 26.7 Å². The van der Waals surface area contributed by atoms with Gasteiger partial charge in [0.25, 0.3) is 0 Å². The van der Waals surface area contributed by atoms with Gasteiger partial charge in [0, 0.05) is 5.56 Å². The van der Waals surface area contributed by atoms with Gasteiger partial charge in [-0.25, -0.2) is 4.39 Å². The number of halogens is 1. The van der Waals surface area contributed by atoms with Crippen LogP contribution in [0.3, 0.4) is 0 Å². The zero-order valence-corrected chi connectivity index (χ0v) is 13.5. The van der Waals surface area contributed by atoms with Crippen molar-refractivity contribution in [1.82, 2.24) is 0 Å². The van der Waals surface area contributed by atoms with Crippen molar-refractivity contribution in [3.8, 4) is 5.75 Å². The van der Waals surface area contributed by atoms with E-state index < -0.39 is 11.7 Å². The molecule has 1 aliphatic rings. The van der Waals surface area contributed by atoms with E-state index in [-0.39, 0.29) is 11.2 Å². The van der Waals surface area contributed by atoms with Crippen LogP contribution in [0, 0.1) is 11.2 Å². The summed E-state index contributed by atoms with van der Waals surface area (Å²) in [5.41, 5.74) is 0.653. The number of benzene rings is 2. The number of rotatable bonds is 1. The second-order valence-electron chi connectivity index (χ2n) is 6.83. The number of ether oxygens (including phenoxy) is 1. The van der Waals surface area contributed by atoms with Gasteiger partial charge in [-0.1, -0.05) is 51.1 Å². The van der Waals surface area contributed by atoms with E-state index in [0.717, 1.165) is 0 Å². The van der Waals surface area contributed by atoms with Crippen molar-refractivity contribution in [2.75, 3.05) is 0 Å². The third-order valence-corrected chi connectivity index (χ3v) is 3.72. The molecule has 1 heterocycles. The van der Waals surface area contributed by atoms with Gasteiger partial charge < -0.3 is 4.74 Å². The Morgan fingerprint density at radius 2 is 1.70 bits per heavy atom. The summed E-state index contributed by atoms with van der Waals surface area (Å²) in [6, 6.07) is 13.5. The molecule has 2 nitrogen and oxygen atoms in total. The molecule has 0 amide bonds. The van der Waals surface area contributed by atoms with Crippen molar-refractivity contribution in [1.29, 1.82) is 0 Å². The maximum Gasteiger partial charge on any atom is 0.181 e. The van der Waals surface area contributed by atoms with E-state index in [4.69, 9.17) is 4.74 Å². The SMILES string of the molecule is CC(C)(C)/C=C1\Oc2ccccc2C(=O)C1c1ccccc1F. The lowest BCUT2D eigenvalue weighted by atomic mass is 9.83. The number of fused-ring (bicyclic) bond motifs is 1. The minimum atomic E-state index is -0.745. The molecule has 1 aliphatic heterocycles. The van der Waals surface area contributed by atoms with Crippen molar-refractivity contribution in [3.05, 3.63) is 77.3 Å². The van der Waals surface area contributed by atoms with Gasteiger partial charge in [0.1, 0.15) is 23.2 Å². The molecule has 3 heteroatoms. The van der Waals surface area contributed by atoms with Crippen LogP contribution in [0.2, 0.25) is 0 Å². The topological polar surface area (TPSA) is 26.3 Å². The van der Waals surface area contributed by atoms with Crippen LogP contribution in [0.25, 0.3) is 0 Å². The standard InChI is InChI=1S/C20H19FO2/c1-20(2,3)12-17-18(13-8-4-6-10-15(13)21)19(22)14-9-5-7-11-16(14)23-17/h4-12,18H,1-3H3/b17-12-. The Balaban J connectivity index is 2.19. The van der Waals surface area contributed by atoms with Crippen LogP contribution in [-0.2, 0) is 0 Å². The van der Waals surface area contributed by atoms with E-state index in [0.29, 0.717) is 22.6 Å². The van der Waals surface area contributed by atoms with Crippen LogP contribution >= 0.6 is 0 Å². The smallest absolute Gasteiger partial charge is 0.181 e. The first-order valence-corrected chi connectivity index (χ1v) is 7.65. The molecule has 0 spiro atoms. The predicted octanol–water partition coefficient (Wildman–Crippen LogP) is 5.11. The van der Waals surface area contributed by atoms with Crippen molar-refractivity contribution < 1.29 is 13.9 Å². The first kappa shape index (κ1) is 15.5. The molecule has 0 bridgehead atoms. The third-order valence-electron chi connectivity index (χ3n) is 3.72. The number of carbonyl (C=O) groups is 1. The molecule has 0 N–H and O–H groups in total. The van der Waals surface area contributed by atoms with Gasteiger partial charge >= 0.3 is 0 Å². The van der Waals surface area contributed by atoms with E-state index in [1.54, 1.807) is 36.4 Å². The summed E-state index contributed by atoms with van der Waals surface area (Å²) < 4.78 is 20.3. The number of para-hydroxylation sites is 1. The molecular formula is C20H19FO2. The molecule has 0 saturated carbocycles. The third kappa shape index (κ3) is 3.04. The second-order valence-corrected chi connectivity index (χ2v) is 6.83. The number of allylic oxidation sites excluding steroid dienone is 2. The predicted molar refractivity (Wildman–Crippen MR) is 88.1 cm³/mol. The van der Waals surface area contributed by atoms with Crippen LogP contribution in [0.5, 0.6) is 5.75 Å². The van der Waals surface area contributed by atoms with Gasteiger partial charge in [0.15, 0.2) is 5.78 Å². The van der Waals surface area contributed by atoms with Gasteiger partial charge in [0.05, 0.1) is 5.56 Å². The fourth-order valence-corrected chi connectivity index (χ4v) is 2.77. The van der Waals surface area contributed by atoms with E-state index in [1.165, 1.54) is 6.07 Å². The zero-order valence-electron chi connectivity index (χ0n) is 13.5. The van der Waals surface area contributed by atoms with Gasteiger partial charge in [0.2, 0.25) is 0 Å². The molecule has 23 heavy (non-hydrogen) atoms. The summed E-state index contributed by atoms with van der Waals surface area (Å²) in [7, 11) is 0. The number of ketones is 1. The Labute approximate surface area is 135 Å². The van der Waals surface area contributed by atoms with Crippen LogP contribution in [0.15, 0.2) is 60.4 Å². The summed E-state index contributed by atoms with van der Waals surface area (Å²) in [5.74, 6) is -0.252. The quantitative estimate of drug-likeness (QED) is 0.731. The van der Waals surface area contributed by atoms with Crippen molar-refractivity contribution in [3.63, 3.8) is 0 Å². The largest absolute Gasteiger partial charge is 0.460 e. The average Bonchev–Trinajstić information content (AvgIpc) is 2.47. The fraction of sp³-hybridized carbons (Fsp3) is 0.250. The number of carbonyl (C=O) groups excluding carboxylic acids is 1. The minimum Gasteiger partial charge on any atom is -0.460 e. The summed E-state index contributed by atoms with van der Waals surface area (Å²) in [4.78, 5) is 13.0. The Hall–Kier alpha value is -2.42. The van der Waals surface area contributed by atoms with E-state index in [1.807, 2.05) is 32.9 Å². The lowest BCUT2D eigenvalue weighted by molar-refractivity contribution is 0.0933. The van der Waals surface area contributed by atoms with Crippen LogP contribution < -0.4 is 4.74 Å². The Morgan fingerprint density at radius 3 is 2.39 bits per heavy atom. The molecule has 0 aromatic heterocycles. The molecule has 0 saturated heterocycles. The Kier molecular flexibility index (Phi) is 3.80. The van der Waals surface area contributed by atoms with Gasteiger partial charge in [-0.15, -0.1) is 0 Å². The molecule has 2 aromatic carbocycles. The second kappa shape index (κ2) is 5.65. The van der Waals surface area contributed by atoms with E-state index >= 15 is 0 Å². The molecule has 3 rings (SSSR count). The maximum absolute atomic E-state index is 14.3. The first-order valence-electron chi connectivity index (χ1n) is 7.65. The number of hydrogen-bond donors (Lipinski definition) is 0. The fourth-order valence-electron chi connectivity index (χ4n) is 2.77. The maximum atomic E-state index is 14.3. The van der Waals surface area contributed by atoms with E-state index in [2.05, 4.69) is 0 Å². The molecule has 0 fully saturated rings. The highest BCUT2D eigenvalue weighted by Gasteiger charge is 2.36. The zero-order chi connectivity index (χ0) is 16.6. The highest BCUT2D eigenvalue weighted by molar-refractivity contribution is 6.06. The molecule has 0 aliphatic carbocycles. The Morgan fingerprint density at radius 1 is 1.04 bits per heavy atom. The minimum absolute atomic E-state index is 0.132. The summed E-state index contributed by atoms with van der Waals surface area (Å²) in [5, 5.41) is 0.